The van der Waals surface area contributed by atoms with E-state index < -0.39 is 17.9 Å². The molecule has 3 N–H and O–H groups in total. The molecule has 30 heavy (non-hydrogen) atoms. The first-order valence-electron chi connectivity index (χ1n) is 9.93. The largest absolute Gasteiger partial charge is 0.478 e. The Bertz CT molecular complexity index is 793. The van der Waals surface area contributed by atoms with E-state index >= 15 is 0 Å². The predicted molar refractivity (Wildman–Crippen MR) is 115 cm³/mol. The van der Waals surface area contributed by atoms with Crippen LogP contribution < -0.4 is 5.73 Å². The molecule has 0 aliphatic carbocycles. The second kappa shape index (κ2) is 13.8. The third-order valence-corrected chi connectivity index (χ3v) is 4.02. The maximum Gasteiger partial charge on any atom is 0.339 e. The summed E-state index contributed by atoms with van der Waals surface area (Å²) < 4.78 is 10.3. The summed E-state index contributed by atoms with van der Waals surface area (Å²) in [7, 11) is 0. The number of unbranched alkanes of at least 4 members (excludes halogenated alkanes) is 2. The van der Waals surface area contributed by atoms with Crippen molar-refractivity contribution in [3.63, 3.8) is 0 Å². The average molecular weight is 415 g/mol. The van der Waals surface area contributed by atoms with Gasteiger partial charge in [-0.05, 0) is 37.1 Å². The number of hydrogen-bond acceptors (Lipinski definition) is 6. The Hall–Kier alpha value is -3.35. The molecule has 0 atom stereocenters. The van der Waals surface area contributed by atoms with Gasteiger partial charge in [0.2, 0.25) is 0 Å². The molecule has 2 aromatic rings. The zero-order chi connectivity index (χ0) is 22.4. The van der Waals surface area contributed by atoms with Gasteiger partial charge < -0.3 is 20.3 Å². The van der Waals surface area contributed by atoms with Gasteiger partial charge >= 0.3 is 17.9 Å². The molecule has 0 bridgehead atoms. The Morgan fingerprint density at radius 3 is 1.50 bits per heavy atom. The van der Waals surface area contributed by atoms with Crippen LogP contribution in [0.2, 0.25) is 0 Å². The zero-order valence-electron chi connectivity index (χ0n) is 17.4. The molecule has 0 aliphatic heterocycles. The van der Waals surface area contributed by atoms with Gasteiger partial charge in [0.15, 0.2) is 0 Å². The highest BCUT2D eigenvalue weighted by Crippen LogP contribution is 2.13. The van der Waals surface area contributed by atoms with E-state index in [0.717, 1.165) is 25.7 Å². The lowest BCUT2D eigenvalue weighted by atomic mass is 10.1. The van der Waals surface area contributed by atoms with Crippen molar-refractivity contribution < 1.29 is 29.0 Å². The van der Waals surface area contributed by atoms with Gasteiger partial charge in [-0.1, -0.05) is 51.0 Å². The maximum absolute atomic E-state index is 11.9. The molecule has 0 saturated heterocycles. The maximum atomic E-state index is 11.9. The van der Waals surface area contributed by atoms with E-state index in [0.29, 0.717) is 18.9 Å². The number of aromatic carboxylic acids is 1. The van der Waals surface area contributed by atoms with E-state index in [1.54, 1.807) is 42.5 Å². The molecule has 0 aliphatic rings. The molecule has 0 unspecified atom stereocenters. The van der Waals surface area contributed by atoms with Crippen molar-refractivity contribution in [2.75, 3.05) is 18.9 Å². The molecule has 2 aromatic carbocycles. The molecule has 0 radical (unpaired) electrons. The van der Waals surface area contributed by atoms with Crippen molar-refractivity contribution >= 4 is 23.6 Å². The first-order valence-corrected chi connectivity index (χ1v) is 9.93. The Labute approximate surface area is 176 Å². The molecular weight excluding hydrogens is 386 g/mol. The molecule has 0 saturated carbocycles. The van der Waals surface area contributed by atoms with Crippen LogP contribution >= 0.6 is 0 Å². The minimum atomic E-state index is -0.988. The Morgan fingerprint density at radius 2 is 1.17 bits per heavy atom. The van der Waals surface area contributed by atoms with E-state index in [9.17, 15) is 14.4 Å². The van der Waals surface area contributed by atoms with Crippen LogP contribution in [0, 0.1) is 0 Å². The fourth-order valence-corrected chi connectivity index (χ4v) is 2.30. The van der Waals surface area contributed by atoms with Crippen molar-refractivity contribution in [1.29, 1.82) is 0 Å². The quantitative estimate of drug-likeness (QED) is 0.350. The summed E-state index contributed by atoms with van der Waals surface area (Å²) in [6, 6.07) is 13.0. The second-order valence-corrected chi connectivity index (χ2v) is 6.42. The standard InChI is InChI=1S/C16H22O4.C7H7NO2/c1-3-5-11-19-15(17)13-9-7-8-10-14(13)16(18)20-12-6-4-2;8-6-4-2-1-3-5(6)7(9)10/h7-10H,3-6,11-12H2,1-2H3;1-4H,8H2,(H,9,10). The zero-order valence-corrected chi connectivity index (χ0v) is 17.4. The van der Waals surface area contributed by atoms with Crippen LogP contribution in [0.1, 0.15) is 70.6 Å². The number of carbonyl (C=O) groups is 3. The van der Waals surface area contributed by atoms with Crippen molar-refractivity contribution in [1.82, 2.24) is 0 Å². The monoisotopic (exact) mass is 415 g/mol. The smallest absolute Gasteiger partial charge is 0.339 e. The van der Waals surface area contributed by atoms with Gasteiger partial charge in [0.05, 0.1) is 29.9 Å². The van der Waals surface area contributed by atoms with E-state index in [1.807, 2.05) is 13.8 Å². The van der Waals surface area contributed by atoms with Gasteiger partial charge in [-0.15, -0.1) is 0 Å². The van der Waals surface area contributed by atoms with Crippen molar-refractivity contribution in [3.8, 4) is 0 Å². The molecule has 0 spiro atoms. The van der Waals surface area contributed by atoms with Gasteiger partial charge in [-0.25, -0.2) is 14.4 Å². The lowest BCUT2D eigenvalue weighted by Gasteiger charge is -2.09. The minimum Gasteiger partial charge on any atom is -0.478 e. The number of hydrogen-bond donors (Lipinski definition) is 2. The summed E-state index contributed by atoms with van der Waals surface area (Å²) in [6.07, 6.45) is 3.53. The lowest BCUT2D eigenvalue weighted by Crippen LogP contribution is -2.14. The lowest BCUT2D eigenvalue weighted by molar-refractivity contribution is 0.0452. The summed E-state index contributed by atoms with van der Waals surface area (Å²) in [6.45, 7) is 4.78. The SMILES string of the molecule is CCCCOC(=O)c1ccccc1C(=O)OCCCC.Nc1ccccc1C(=O)O. The van der Waals surface area contributed by atoms with Gasteiger partial charge in [-0.2, -0.15) is 0 Å². The molecule has 0 heterocycles. The molecule has 0 amide bonds. The molecule has 7 heteroatoms. The number of carboxylic acid groups (broad SMARTS) is 1. The van der Waals surface area contributed by atoms with Gasteiger partial charge in [-0.3, -0.25) is 0 Å². The van der Waals surface area contributed by atoms with Crippen LogP contribution in [-0.4, -0.2) is 36.2 Å². The fraction of sp³-hybridized carbons (Fsp3) is 0.348. The highest BCUT2D eigenvalue weighted by molar-refractivity contribution is 6.03. The first kappa shape index (κ1) is 24.7. The van der Waals surface area contributed by atoms with Crippen LogP contribution in [0.3, 0.4) is 0 Å². The number of anilines is 1. The fourth-order valence-electron chi connectivity index (χ4n) is 2.30. The summed E-state index contributed by atoms with van der Waals surface area (Å²) in [4.78, 5) is 34.2. The van der Waals surface area contributed by atoms with Crippen LogP contribution in [0.15, 0.2) is 48.5 Å². The summed E-state index contributed by atoms with van der Waals surface area (Å²) >= 11 is 0. The number of carboxylic acids is 1. The molecule has 0 aromatic heterocycles. The van der Waals surface area contributed by atoms with E-state index in [2.05, 4.69) is 0 Å². The van der Waals surface area contributed by atoms with E-state index in [4.69, 9.17) is 20.3 Å². The molecule has 7 nitrogen and oxygen atoms in total. The Morgan fingerprint density at radius 1 is 0.767 bits per heavy atom. The average Bonchev–Trinajstić information content (AvgIpc) is 2.74. The van der Waals surface area contributed by atoms with Crippen molar-refractivity contribution in [2.24, 2.45) is 0 Å². The predicted octanol–water partition coefficient (Wildman–Crippen LogP) is 4.57. The molecule has 2 rings (SSSR count). The van der Waals surface area contributed by atoms with Gasteiger partial charge in [0, 0.05) is 5.69 Å². The van der Waals surface area contributed by atoms with Crippen molar-refractivity contribution in [2.45, 2.75) is 39.5 Å². The Kier molecular flexibility index (Phi) is 11.3. The van der Waals surface area contributed by atoms with Crippen LogP contribution in [-0.2, 0) is 9.47 Å². The number of rotatable bonds is 9. The van der Waals surface area contributed by atoms with Crippen LogP contribution in [0.5, 0.6) is 0 Å². The Balaban J connectivity index is 0.000000375. The summed E-state index contributed by atoms with van der Waals surface area (Å²) in [5, 5.41) is 8.49. The van der Waals surface area contributed by atoms with Crippen LogP contribution in [0.25, 0.3) is 0 Å². The topological polar surface area (TPSA) is 116 Å². The number of ether oxygens (including phenoxy) is 2. The van der Waals surface area contributed by atoms with Gasteiger partial charge in [0.1, 0.15) is 0 Å². The number of nitrogens with two attached hydrogens (primary N) is 1. The highest BCUT2D eigenvalue weighted by Gasteiger charge is 2.18. The van der Waals surface area contributed by atoms with Crippen LogP contribution in [0.4, 0.5) is 5.69 Å². The third kappa shape index (κ3) is 8.34. The van der Waals surface area contributed by atoms with Gasteiger partial charge in [0.25, 0.3) is 0 Å². The number of carbonyl (C=O) groups excluding carboxylic acids is 2. The summed E-state index contributed by atoms with van der Waals surface area (Å²) in [5.74, 6) is -1.93. The molecular formula is C23H29NO6. The third-order valence-electron chi connectivity index (χ3n) is 4.02. The number of benzene rings is 2. The number of esters is 2. The molecule has 0 fully saturated rings. The normalized spacial score (nSPS) is 9.80. The second-order valence-electron chi connectivity index (χ2n) is 6.42. The highest BCUT2D eigenvalue weighted by atomic mass is 16.5. The van der Waals surface area contributed by atoms with Crippen molar-refractivity contribution in [3.05, 3.63) is 65.2 Å². The van der Waals surface area contributed by atoms with E-state index in [-0.39, 0.29) is 16.7 Å². The first-order chi connectivity index (χ1) is 14.4. The minimum absolute atomic E-state index is 0.155. The number of nitrogen functional groups attached to an aromatic ring is 1. The molecule has 162 valence electrons. The summed E-state index contributed by atoms with van der Waals surface area (Å²) in [5.41, 5.74) is 6.33. The van der Waals surface area contributed by atoms with E-state index in [1.165, 1.54) is 6.07 Å². The number of para-hydroxylation sites is 1.